The number of methoxy groups -OCH3 is 1. The van der Waals surface area contributed by atoms with Gasteiger partial charge in [-0.05, 0) is 36.8 Å². The van der Waals surface area contributed by atoms with E-state index in [0.717, 1.165) is 11.3 Å². The van der Waals surface area contributed by atoms with Gasteiger partial charge in [0, 0.05) is 6.54 Å². The first-order chi connectivity index (χ1) is 11.1. The zero-order chi connectivity index (χ0) is 16.7. The second-order valence-corrected chi connectivity index (χ2v) is 5.19. The van der Waals surface area contributed by atoms with Crippen molar-refractivity contribution in [3.8, 4) is 11.5 Å². The number of rotatable bonds is 7. The highest BCUT2D eigenvalue weighted by molar-refractivity contribution is 5.77. The first kappa shape index (κ1) is 16.8. The molecule has 122 valence electrons. The number of amides is 1. The molecule has 0 saturated carbocycles. The van der Waals surface area contributed by atoms with E-state index in [0.29, 0.717) is 11.3 Å². The topological polar surface area (TPSA) is 67.8 Å². The Balaban J connectivity index is 1.75. The molecule has 1 unspecified atom stereocenters. The first-order valence-electron chi connectivity index (χ1n) is 7.36. The maximum absolute atomic E-state index is 11.8. The molecule has 2 N–H and O–H groups in total. The quantitative estimate of drug-likeness (QED) is 0.822. The van der Waals surface area contributed by atoms with Crippen LogP contribution in [0.15, 0.2) is 48.5 Å². The van der Waals surface area contributed by atoms with Crippen LogP contribution in [0.5, 0.6) is 11.5 Å². The first-order valence-corrected chi connectivity index (χ1v) is 7.36. The highest BCUT2D eigenvalue weighted by Crippen LogP contribution is 2.17. The summed E-state index contributed by atoms with van der Waals surface area (Å²) in [5.41, 5.74) is 1.84. The third-order valence-corrected chi connectivity index (χ3v) is 3.38. The van der Waals surface area contributed by atoms with Gasteiger partial charge in [-0.3, -0.25) is 4.79 Å². The van der Waals surface area contributed by atoms with E-state index in [4.69, 9.17) is 9.47 Å². The van der Waals surface area contributed by atoms with Gasteiger partial charge in [-0.15, -0.1) is 0 Å². The van der Waals surface area contributed by atoms with Crippen LogP contribution in [0.3, 0.4) is 0 Å². The number of aliphatic hydroxyl groups is 1. The summed E-state index contributed by atoms with van der Waals surface area (Å²) in [7, 11) is 1.58. The van der Waals surface area contributed by atoms with E-state index in [1.54, 1.807) is 31.4 Å². The fourth-order valence-electron chi connectivity index (χ4n) is 1.99. The molecule has 0 spiro atoms. The average molecular weight is 315 g/mol. The van der Waals surface area contributed by atoms with Gasteiger partial charge in [-0.1, -0.05) is 29.8 Å². The van der Waals surface area contributed by atoms with Gasteiger partial charge in [0.1, 0.15) is 11.5 Å². The van der Waals surface area contributed by atoms with Crippen molar-refractivity contribution in [1.29, 1.82) is 0 Å². The summed E-state index contributed by atoms with van der Waals surface area (Å²) in [4.78, 5) is 11.8. The van der Waals surface area contributed by atoms with Crippen molar-refractivity contribution in [2.75, 3.05) is 20.3 Å². The van der Waals surface area contributed by atoms with E-state index in [1.807, 2.05) is 31.2 Å². The van der Waals surface area contributed by atoms with Gasteiger partial charge >= 0.3 is 0 Å². The van der Waals surface area contributed by atoms with Crippen LogP contribution in [0, 0.1) is 6.92 Å². The molecular weight excluding hydrogens is 294 g/mol. The van der Waals surface area contributed by atoms with Crippen LogP contribution < -0.4 is 14.8 Å². The lowest BCUT2D eigenvalue weighted by Gasteiger charge is -2.13. The van der Waals surface area contributed by atoms with Crippen molar-refractivity contribution >= 4 is 5.91 Å². The molecule has 0 aliphatic carbocycles. The molecule has 0 fully saturated rings. The van der Waals surface area contributed by atoms with Crippen molar-refractivity contribution in [3.05, 3.63) is 59.7 Å². The van der Waals surface area contributed by atoms with Crippen molar-refractivity contribution < 1.29 is 19.4 Å². The van der Waals surface area contributed by atoms with Crippen molar-refractivity contribution in [3.63, 3.8) is 0 Å². The van der Waals surface area contributed by atoms with Gasteiger partial charge in [-0.25, -0.2) is 0 Å². The second kappa shape index (κ2) is 8.19. The predicted octanol–water partition coefficient (Wildman–Crippen LogP) is 2.23. The molecular formula is C18H21NO4. The van der Waals surface area contributed by atoms with Crippen LogP contribution in [0.2, 0.25) is 0 Å². The molecule has 0 aliphatic heterocycles. The zero-order valence-corrected chi connectivity index (χ0v) is 13.3. The van der Waals surface area contributed by atoms with Crippen LogP contribution in [0.1, 0.15) is 17.2 Å². The van der Waals surface area contributed by atoms with E-state index in [2.05, 4.69) is 5.32 Å². The number of nitrogens with one attached hydrogen (secondary N) is 1. The molecule has 2 aromatic rings. The van der Waals surface area contributed by atoms with Crippen molar-refractivity contribution in [2.45, 2.75) is 13.0 Å². The average Bonchev–Trinajstić information content (AvgIpc) is 2.59. The van der Waals surface area contributed by atoms with E-state index >= 15 is 0 Å². The monoisotopic (exact) mass is 315 g/mol. The molecule has 0 aliphatic rings. The van der Waals surface area contributed by atoms with Gasteiger partial charge in [0.2, 0.25) is 0 Å². The fraction of sp³-hybridized carbons (Fsp3) is 0.278. The Morgan fingerprint density at radius 1 is 1.09 bits per heavy atom. The maximum Gasteiger partial charge on any atom is 0.258 e. The number of aryl methyl sites for hydroxylation is 1. The van der Waals surface area contributed by atoms with Gasteiger partial charge in [0.05, 0.1) is 13.2 Å². The van der Waals surface area contributed by atoms with Gasteiger partial charge in [-0.2, -0.15) is 0 Å². The number of ether oxygens (including phenoxy) is 2. The molecule has 5 nitrogen and oxygen atoms in total. The molecule has 23 heavy (non-hydrogen) atoms. The Kier molecular flexibility index (Phi) is 6.00. The van der Waals surface area contributed by atoms with Crippen molar-refractivity contribution in [1.82, 2.24) is 5.32 Å². The minimum absolute atomic E-state index is 0.0849. The fourth-order valence-corrected chi connectivity index (χ4v) is 1.99. The number of hydrogen-bond donors (Lipinski definition) is 2. The zero-order valence-electron chi connectivity index (χ0n) is 13.3. The number of hydrogen-bond acceptors (Lipinski definition) is 4. The summed E-state index contributed by atoms with van der Waals surface area (Å²) in [5.74, 6) is 1.08. The Hall–Kier alpha value is -2.53. The molecule has 2 aromatic carbocycles. The predicted molar refractivity (Wildman–Crippen MR) is 87.6 cm³/mol. The number of aliphatic hydroxyl groups excluding tert-OH is 1. The Bertz CT molecular complexity index is 622. The molecule has 0 heterocycles. The Morgan fingerprint density at radius 3 is 2.30 bits per heavy atom. The van der Waals surface area contributed by atoms with Crippen LogP contribution in [-0.2, 0) is 4.79 Å². The van der Waals surface area contributed by atoms with E-state index in [1.165, 1.54) is 0 Å². The van der Waals surface area contributed by atoms with Gasteiger partial charge in [0.15, 0.2) is 6.61 Å². The third kappa shape index (κ3) is 5.30. The molecule has 2 rings (SSSR count). The van der Waals surface area contributed by atoms with Crippen LogP contribution in [0.4, 0.5) is 0 Å². The smallest absolute Gasteiger partial charge is 0.258 e. The number of carbonyl (C=O) groups excluding carboxylic acids is 1. The highest BCUT2D eigenvalue weighted by atomic mass is 16.5. The van der Waals surface area contributed by atoms with Crippen LogP contribution >= 0.6 is 0 Å². The SMILES string of the molecule is COc1ccc(C(O)CNC(=O)COc2ccc(C)cc2)cc1. The van der Waals surface area contributed by atoms with Crippen LogP contribution in [0.25, 0.3) is 0 Å². The normalized spacial score (nSPS) is 11.6. The molecule has 0 aromatic heterocycles. The summed E-state index contributed by atoms with van der Waals surface area (Å²) in [6.07, 6.45) is -0.774. The second-order valence-electron chi connectivity index (χ2n) is 5.19. The molecule has 0 saturated heterocycles. The summed E-state index contributed by atoms with van der Waals surface area (Å²) in [5, 5.41) is 12.7. The molecule has 1 amide bonds. The Morgan fingerprint density at radius 2 is 1.70 bits per heavy atom. The largest absolute Gasteiger partial charge is 0.497 e. The summed E-state index contributed by atoms with van der Waals surface area (Å²) in [6.45, 7) is 2.03. The summed E-state index contributed by atoms with van der Waals surface area (Å²) >= 11 is 0. The lowest BCUT2D eigenvalue weighted by Crippen LogP contribution is -2.32. The van der Waals surface area contributed by atoms with E-state index < -0.39 is 6.10 Å². The minimum atomic E-state index is -0.774. The lowest BCUT2D eigenvalue weighted by molar-refractivity contribution is -0.123. The van der Waals surface area contributed by atoms with E-state index in [9.17, 15) is 9.90 Å². The lowest BCUT2D eigenvalue weighted by atomic mass is 10.1. The highest BCUT2D eigenvalue weighted by Gasteiger charge is 2.10. The maximum atomic E-state index is 11.8. The molecule has 0 radical (unpaired) electrons. The van der Waals surface area contributed by atoms with Gasteiger partial charge < -0.3 is 19.9 Å². The summed E-state index contributed by atoms with van der Waals surface area (Å²) in [6, 6.07) is 14.5. The summed E-state index contributed by atoms with van der Waals surface area (Å²) < 4.78 is 10.4. The standard InChI is InChI=1S/C18H21NO4/c1-13-3-7-16(8-4-13)23-12-18(21)19-11-17(20)14-5-9-15(22-2)10-6-14/h3-10,17,20H,11-12H2,1-2H3,(H,19,21). The van der Waals surface area contributed by atoms with E-state index in [-0.39, 0.29) is 19.1 Å². The number of carbonyl (C=O) groups is 1. The third-order valence-electron chi connectivity index (χ3n) is 3.38. The number of benzene rings is 2. The Labute approximate surface area is 135 Å². The van der Waals surface area contributed by atoms with Crippen molar-refractivity contribution in [2.24, 2.45) is 0 Å². The molecule has 5 heteroatoms. The molecule has 0 bridgehead atoms. The minimum Gasteiger partial charge on any atom is -0.497 e. The van der Waals surface area contributed by atoms with Crippen LogP contribution in [-0.4, -0.2) is 31.3 Å². The molecule has 1 atom stereocenters. The van der Waals surface area contributed by atoms with Gasteiger partial charge in [0.25, 0.3) is 5.91 Å².